The maximum absolute atomic E-state index is 12.4. The molecule has 0 aliphatic rings. The highest BCUT2D eigenvalue weighted by Gasteiger charge is 2.13. The highest BCUT2D eigenvalue weighted by atomic mass is 35.5. The van der Waals surface area contributed by atoms with Crippen LogP contribution in [0.4, 0.5) is 0 Å². The summed E-state index contributed by atoms with van der Waals surface area (Å²) >= 11 is 7.79. The number of thioether (sulfide) groups is 1. The zero-order valence-corrected chi connectivity index (χ0v) is 18.4. The van der Waals surface area contributed by atoms with Gasteiger partial charge in [-0.05, 0) is 30.7 Å². The van der Waals surface area contributed by atoms with E-state index in [1.165, 1.54) is 0 Å². The predicted octanol–water partition coefficient (Wildman–Crippen LogP) is 3.86. The summed E-state index contributed by atoms with van der Waals surface area (Å²) in [7, 11) is 0. The van der Waals surface area contributed by atoms with Gasteiger partial charge in [-0.1, -0.05) is 49.3 Å². The number of carbonyl (C=O) groups is 1. The van der Waals surface area contributed by atoms with E-state index in [0.717, 1.165) is 36.1 Å². The fraction of sp³-hybridized carbons (Fsp3) is 0.400. The third kappa shape index (κ3) is 5.39. The normalized spacial score (nSPS) is 11.2. The molecule has 154 valence electrons. The topological polar surface area (TPSA) is 77.6 Å². The second-order valence-corrected chi connectivity index (χ2v) is 8.27. The number of nitrogens with one attached hydrogen (secondary N) is 1. The average molecular weight is 433 g/mol. The van der Waals surface area contributed by atoms with E-state index in [1.54, 1.807) is 34.9 Å². The Balaban J connectivity index is 1.54. The lowest BCUT2D eigenvalue weighted by atomic mass is 10.2. The lowest BCUT2D eigenvalue weighted by Gasteiger charge is -2.11. The molecule has 3 rings (SSSR count). The molecule has 0 unspecified atom stereocenters. The van der Waals surface area contributed by atoms with E-state index >= 15 is 0 Å². The van der Waals surface area contributed by atoms with E-state index in [1.807, 2.05) is 24.5 Å². The lowest BCUT2D eigenvalue weighted by Crippen LogP contribution is -2.24. The number of carbonyl (C=O) groups excluding carboxylic acids is 1. The van der Waals surface area contributed by atoms with Crippen molar-refractivity contribution >= 4 is 29.3 Å². The third-order valence-corrected chi connectivity index (χ3v) is 5.32. The molecule has 2 aromatic heterocycles. The zero-order valence-electron chi connectivity index (χ0n) is 16.8. The van der Waals surface area contributed by atoms with Gasteiger partial charge in [0.2, 0.25) is 0 Å². The minimum Gasteiger partial charge on any atom is -0.352 e. The maximum Gasteiger partial charge on any atom is 0.254 e. The van der Waals surface area contributed by atoms with Gasteiger partial charge >= 0.3 is 0 Å². The summed E-state index contributed by atoms with van der Waals surface area (Å²) in [4.78, 5) is 12.4. The molecule has 0 spiro atoms. The number of aryl methyl sites for hydroxylation is 1. The van der Waals surface area contributed by atoms with Crippen LogP contribution in [0.2, 0.25) is 5.02 Å². The predicted molar refractivity (Wildman–Crippen MR) is 116 cm³/mol. The third-order valence-electron chi connectivity index (χ3n) is 4.33. The zero-order chi connectivity index (χ0) is 20.8. The first kappa shape index (κ1) is 21.4. The first-order chi connectivity index (χ1) is 14.0. The molecule has 1 aromatic carbocycles. The van der Waals surface area contributed by atoms with Gasteiger partial charge in [0.1, 0.15) is 5.82 Å². The second kappa shape index (κ2) is 9.93. The lowest BCUT2D eigenvalue weighted by molar-refractivity contribution is 0.0953. The Hall–Kier alpha value is -2.32. The Bertz CT molecular complexity index is 968. The van der Waals surface area contributed by atoms with Gasteiger partial charge in [0.15, 0.2) is 5.16 Å². The van der Waals surface area contributed by atoms with E-state index < -0.39 is 0 Å². The van der Waals surface area contributed by atoms with Crippen molar-refractivity contribution in [1.82, 2.24) is 29.9 Å². The molecule has 29 heavy (non-hydrogen) atoms. The molecule has 2 heterocycles. The van der Waals surface area contributed by atoms with Crippen molar-refractivity contribution in [1.29, 1.82) is 0 Å². The number of hydrogen-bond donors (Lipinski definition) is 1. The maximum atomic E-state index is 12.4. The second-order valence-electron chi connectivity index (χ2n) is 7.09. The smallest absolute Gasteiger partial charge is 0.254 e. The van der Waals surface area contributed by atoms with Gasteiger partial charge in [-0.25, -0.2) is 4.68 Å². The van der Waals surface area contributed by atoms with Crippen molar-refractivity contribution < 1.29 is 4.79 Å². The van der Waals surface area contributed by atoms with E-state index in [0.29, 0.717) is 23.0 Å². The van der Waals surface area contributed by atoms with Gasteiger partial charge < -0.3 is 9.88 Å². The van der Waals surface area contributed by atoms with Gasteiger partial charge in [0.25, 0.3) is 5.91 Å². The fourth-order valence-corrected chi connectivity index (χ4v) is 3.71. The van der Waals surface area contributed by atoms with Crippen LogP contribution in [0.3, 0.4) is 0 Å². The van der Waals surface area contributed by atoms with Crippen LogP contribution in [0, 0.1) is 5.92 Å². The molecule has 7 nitrogen and oxygen atoms in total. The molecular formula is C20H25ClN6OS. The number of halogens is 1. The van der Waals surface area contributed by atoms with E-state index in [4.69, 9.17) is 11.6 Å². The molecule has 0 bridgehead atoms. The van der Waals surface area contributed by atoms with Crippen LogP contribution >= 0.6 is 23.4 Å². The van der Waals surface area contributed by atoms with Crippen LogP contribution in [0.25, 0.3) is 5.69 Å². The van der Waals surface area contributed by atoms with Crippen molar-refractivity contribution in [3.63, 3.8) is 0 Å². The Labute approximate surface area is 179 Å². The highest BCUT2D eigenvalue weighted by molar-refractivity contribution is 7.98. The van der Waals surface area contributed by atoms with Gasteiger partial charge in [0.05, 0.1) is 22.5 Å². The summed E-state index contributed by atoms with van der Waals surface area (Å²) in [5.41, 5.74) is 1.24. The largest absolute Gasteiger partial charge is 0.352 e. The minimum atomic E-state index is -0.156. The van der Waals surface area contributed by atoms with Gasteiger partial charge in [0, 0.05) is 25.7 Å². The van der Waals surface area contributed by atoms with Crippen molar-refractivity contribution in [2.75, 3.05) is 12.8 Å². The number of amides is 1. The number of nitrogens with zero attached hydrogens (tertiary/aromatic N) is 5. The molecule has 0 saturated heterocycles. The summed E-state index contributed by atoms with van der Waals surface area (Å²) in [6.45, 7) is 5.80. The molecule has 0 aliphatic carbocycles. The molecule has 0 atom stereocenters. The van der Waals surface area contributed by atoms with Crippen molar-refractivity contribution in [3.8, 4) is 5.69 Å². The van der Waals surface area contributed by atoms with Gasteiger partial charge in [-0.2, -0.15) is 5.10 Å². The molecule has 9 heteroatoms. The summed E-state index contributed by atoms with van der Waals surface area (Å²) in [5, 5.41) is 17.3. The van der Waals surface area contributed by atoms with E-state index in [9.17, 15) is 4.79 Å². The van der Waals surface area contributed by atoms with Crippen LogP contribution in [0.5, 0.6) is 0 Å². The molecule has 0 radical (unpaired) electrons. The van der Waals surface area contributed by atoms with Crippen molar-refractivity contribution in [2.45, 2.75) is 38.4 Å². The number of para-hydroxylation sites is 1. The summed E-state index contributed by atoms with van der Waals surface area (Å²) in [5.74, 6) is 1.32. The Morgan fingerprint density at radius 3 is 2.79 bits per heavy atom. The first-order valence-corrected chi connectivity index (χ1v) is 11.1. The Morgan fingerprint density at radius 2 is 2.07 bits per heavy atom. The van der Waals surface area contributed by atoms with Crippen LogP contribution in [0.15, 0.2) is 41.8 Å². The van der Waals surface area contributed by atoms with Gasteiger partial charge in [-0.15, -0.1) is 10.2 Å². The molecular weight excluding hydrogens is 408 g/mol. The number of benzene rings is 1. The van der Waals surface area contributed by atoms with E-state index in [2.05, 4.69) is 39.0 Å². The average Bonchev–Trinajstić information content (AvgIpc) is 3.32. The SMILES string of the molecule is CSc1nnc(CCCNC(=O)c2cnn(-c3ccccc3Cl)c2)n1CC(C)C. The molecule has 1 amide bonds. The summed E-state index contributed by atoms with van der Waals surface area (Å²) in [6, 6.07) is 7.38. The van der Waals surface area contributed by atoms with Crippen molar-refractivity contribution in [3.05, 3.63) is 53.1 Å². The summed E-state index contributed by atoms with van der Waals surface area (Å²) < 4.78 is 3.78. The quantitative estimate of drug-likeness (QED) is 0.410. The molecule has 1 N–H and O–H groups in total. The molecule has 0 aliphatic heterocycles. The van der Waals surface area contributed by atoms with Crippen LogP contribution in [0.1, 0.15) is 36.5 Å². The molecule has 0 saturated carbocycles. The van der Waals surface area contributed by atoms with Crippen LogP contribution < -0.4 is 5.32 Å². The standard InChI is InChI=1S/C20H25ClN6OS/c1-14(2)12-26-18(24-25-20(26)29-3)9-6-10-22-19(28)15-11-23-27(13-15)17-8-5-4-7-16(17)21/h4-5,7-8,11,13-14H,6,9-10,12H2,1-3H3,(H,22,28). The van der Waals surface area contributed by atoms with Crippen LogP contribution in [-0.2, 0) is 13.0 Å². The number of rotatable bonds is 9. The van der Waals surface area contributed by atoms with Crippen molar-refractivity contribution in [2.24, 2.45) is 5.92 Å². The molecule has 0 fully saturated rings. The fourth-order valence-electron chi connectivity index (χ4n) is 2.96. The Kier molecular flexibility index (Phi) is 7.33. The Morgan fingerprint density at radius 1 is 1.28 bits per heavy atom. The minimum absolute atomic E-state index is 0.156. The monoisotopic (exact) mass is 432 g/mol. The van der Waals surface area contributed by atoms with Crippen LogP contribution in [-0.4, -0.2) is 43.3 Å². The van der Waals surface area contributed by atoms with E-state index in [-0.39, 0.29) is 5.91 Å². The molecule has 3 aromatic rings. The number of hydrogen-bond acceptors (Lipinski definition) is 5. The summed E-state index contributed by atoms with van der Waals surface area (Å²) in [6.07, 6.45) is 6.78. The first-order valence-electron chi connectivity index (χ1n) is 9.53. The van der Waals surface area contributed by atoms with Gasteiger partial charge in [-0.3, -0.25) is 4.79 Å². The highest BCUT2D eigenvalue weighted by Crippen LogP contribution is 2.19. The number of aromatic nitrogens is 5.